The molecule has 1 atom stereocenters. The number of rotatable bonds is 6. The number of guanidine groups is 1. The predicted molar refractivity (Wildman–Crippen MR) is 132 cm³/mol. The largest absolute Gasteiger partial charge is 0.368 e. The Labute approximate surface area is 193 Å². The number of hydrogen-bond donors (Lipinski definition) is 2. The molecule has 0 amide bonds. The maximum Gasteiger partial charge on any atom is 0.191 e. The Balaban J connectivity index is 0.00000280. The Bertz CT molecular complexity index is 783. The van der Waals surface area contributed by atoms with Crippen molar-refractivity contribution in [2.45, 2.75) is 32.7 Å². The van der Waals surface area contributed by atoms with Crippen molar-refractivity contribution in [1.82, 2.24) is 15.6 Å². The second-order valence-corrected chi connectivity index (χ2v) is 7.69. The van der Waals surface area contributed by atoms with E-state index < -0.39 is 0 Å². The van der Waals surface area contributed by atoms with Gasteiger partial charge in [0.15, 0.2) is 5.96 Å². The second kappa shape index (κ2) is 11.6. The van der Waals surface area contributed by atoms with E-state index in [4.69, 9.17) is 4.99 Å². The maximum absolute atomic E-state index is 4.77. The molecule has 1 unspecified atom stereocenters. The van der Waals surface area contributed by atoms with Crippen LogP contribution in [0.25, 0.3) is 0 Å². The molecule has 1 saturated heterocycles. The number of para-hydroxylation sites is 1. The zero-order chi connectivity index (χ0) is 19.1. The molecule has 2 heterocycles. The zero-order valence-electron chi connectivity index (χ0n) is 16.5. The molecular formula is C21H29BrIN5. The van der Waals surface area contributed by atoms with Crippen LogP contribution in [0, 0.1) is 6.92 Å². The molecule has 152 valence electrons. The molecular weight excluding hydrogens is 529 g/mol. The van der Waals surface area contributed by atoms with E-state index in [0.29, 0.717) is 6.04 Å². The Morgan fingerprint density at radius 3 is 2.89 bits per heavy atom. The fraction of sp³-hybridized carbons (Fsp3) is 0.429. The normalized spacial score (nSPS) is 16.6. The minimum Gasteiger partial charge on any atom is -0.368 e. The number of aryl methyl sites for hydroxylation is 1. The summed E-state index contributed by atoms with van der Waals surface area (Å²) >= 11 is 3.66. The van der Waals surface area contributed by atoms with Crippen molar-refractivity contribution in [1.29, 1.82) is 0 Å². The SMILES string of the molecule is CCNC(=NCCc1ccncc1C)NC1CCN(c2ccccc2Br)C1.I. The molecule has 0 spiro atoms. The highest BCUT2D eigenvalue weighted by atomic mass is 127. The van der Waals surface area contributed by atoms with Gasteiger partial charge in [-0.2, -0.15) is 0 Å². The minimum atomic E-state index is 0. The number of hydrogen-bond acceptors (Lipinski definition) is 3. The van der Waals surface area contributed by atoms with Gasteiger partial charge in [-0.3, -0.25) is 9.98 Å². The predicted octanol–water partition coefficient (Wildman–Crippen LogP) is 4.15. The monoisotopic (exact) mass is 557 g/mol. The van der Waals surface area contributed by atoms with Gasteiger partial charge in [-0.1, -0.05) is 12.1 Å². The topological polar surface area (TPSA) is 52.6 Å². The molecule has 5 nitrogen and oxygen atoms in total. The van der Waals surface area contributed by atoms with E-state index in [2.05, 4.69) is 80.6 Å². The number of nitrogens with one attached hydrogen (secondary N) is 2. The van der Waals surface area contributed by atoms with Crippen LogP contribution in [0.2, 0.25) is 0 Å². The lowest BCUT2D eigenvalue weighted by molar-refractivity contribution is 0.649. The van der Waals surface area contributed by atoms with Crippen molar-refractivity contribution in [3.8, 4) is 0 Å². The molecule has 3 rings (SSSR count). The van der Waals surface area contributed by atoms with Crippen LogP contribution < -0.4 is 15.5 Å². The zero-order valence-corrected chi connectivity index (χ0v) is 20.4. The minimum absolute atomic E-state index is 0. The Kier molecular flexibility index (Phi) is 9.50. The molecule has 1 aromatic heterocycles. The first-order valence-electron chi connectivity index (χ1n) is 9.61. The first-order chi connectivity index (χ1) is 13.2. The summed E-state index contributed by atoms with van der Waals surface area (Å²) in [4.78, 5) is 11.4. The van der Waals surface area contributed by atoms with Crippen LogP contribution in [0.1, 0.15) is 24.5 Å². The summed E-state index contributed by atoms with van der Waals surface area (Å²) in [6.45, 7) is 7.87. The highest BCUT2D eigenvalue weighted by molar-refractivity contribution is 14.0. The third kappa shape index (κ3) is 6.34. The lowest BCUT2D eigenvalue weighted by Gasteiger charge is -2.21. The van der Waals surface area contributed by atoms with Crippen molar-refractivity contribution < 1.29 is 0 Å². The van der Waals surface area contributed by atoms with Crippen LogP contribution in [0.15, 0.2) is 52.2 Å². The van der Waals surface area contributed by atoms with Crippen molar-refractivity contribution in [2.75, 3.05) is 31.1 Å². The number of aliphatic imine (C=N–C) groups is 1. The van der Waals surface area contributed by atoms with Crippen molar-refractivity contribution in [3.05, 3.63) is 58.3 Å². The summed E-state index contributed by atoms with van der Waals surface area (Å²) in [7, 11) is 0. The van der Waals surface area contributed by atoms with E-state index in [9.17, 15) is 0 Å². The van der Waals surface area contributed by atoms with Gasteiger partial charge in [0.05, 0.1) is 5.69 Å². The summed E-state index contributed by atoms with van der Waals surface area (Å²) in [5.41, 5.74) is 3.80. The second-order valence-electron chi connectivity index (χ2n) is 6.84. The molecule has 2 aromatic rings. The van der Waals surface area contributed by atoms with Crippen molar-refractivity contribution >= 4 is 51.6 Å². The average molecular weight is 558 g/mol. The highest BCUT2D eigenvalue weighted by Gasteiger charge is 2.24. The van der Waals surface area contributed by atoms with Gasteiger partial charge in [-0.05, 0) is 71.9 Å². The van der Waals surface area contributed by atoms with Gasteiger partial charge in [0, 0.05) is 49.1 Å². The quantitative estimate of drug-likeness (QED) is 0.318. The molecule has 1 aromatic carbocycles. The van der Waals surface area contributed by atoms with Crippen LogP contribution in [0.3, 0.4) is 0 Å². The van der Waals surface area contributed by atoms with E-state index in [1.807, 2.05) is 12.4 Å². The third-order valence-corrected chi connectivity index (χ3v) is 5.52. The number of halogens is 2. The number of aromatic nitrogens is 1. The molecule has 1 fully saturated rings. The summed E-state index contributed by atoms with van der Waals surface area (Å²) in [5, 5.41) is 6.98. The Morgan fingerprint density at radius 1 is 1.32 bits per heavy atom. The molecule has 0 saturated carbocycles. The smallest absolute Gasteiger partial charge is 0.191 e. The molecule has 2 N–H and O–H groups in total. The van der Waals surface area contributed by atoms with Gasteiger partial charge < -0.3 is 15.5 Å². The fourth-order valence-electron chi connectivity index (χ4n) is 3.39. The number of anilines is 1. The molecule has 0 aliphatic carbocycles. The summed E-state index contributed by atoms with van der Waals surface area (Å²) < 4.78 is 1.15. The van der Waals surface area contributed by atoms with Gasteiger partial charge in [-0.25, -0.2) is 0 Å². The van der Waals surface area contributed by atoms with E-state index >= 15 is 0 Å². The highest BCUT2D eigenvalue weighted by Crippen LogP contribution is 2.28. The first-order valence-corrected chi connectivity index (χ1v) is 10.4. The van der Waals surface area contributed by atoms with E-state index in [1.54, 1.807) is 0 Å². The van der Waals surface area contributed by atoms with Crippen molar-refractivity contribution in [3.63, 3.8) is 0 Å². The van der Waals surface area contributed by atoms with Crippen LogP contribution in [-0.4, -0.2) is 43.2 Å². The first kappa shape index (κ1) is 22.9. The third-order valence-electron chi connectivity index (χ3n) is 4.85. The summed E-state index contributed by atoms with van der Waals surface area (Å²) in [6, 6.07) is 10.9. The van der Waals surface area contributed by atoms with Crippen molar-refractivity contribution in [2.24, 2.45) is 4.99 Å². The Morgan fingerprint density at radius 2 is 2.14 bits per heavy atom. The van der Waals surface area contributed by atoms with E-state index in [0.717, 1.165) is 49.5 Å². The van der Waals surface area contributed by atoms with Gasteiger partial charge in [-0.15, -0.1) is 24.0 Å². The molecule has 1 aliphatic rings. The number of pyridine rings is 1. The number of nitrogens with zero attached hydrogens (tertiary/aromatic N) is 3. The van der Waals surface area contributed by atoms with E-state index in [-0.39, 0.29) is 24.0 Å². The average Bonchev–Trinajstić information content (AvgIpc) is 3.12. The van der Waals surface area contributed by atoms with Crippen LogP contribution in [0.4, 0.5) is 5.69 Å². The van der Waals surface area contributed by atoms with Gasteiger partial charge in [0.25, 0.3) is 0 Å². The maximum atomic E-state index is 4.77. The lowest BCUT2D eigenvalue weighted by Crippen LogP contribution is -2.44. The standard InChI is InChI=1S/C21H28BrN5.HI/c1-3-24-21(25-12-9-17-8-11-23-14-16(17)2)26-18-10-13-27(15-18)20-7-5-4-6-19(20)22;/h4-8,11,14,18H,3,9-10,12-13,15H2,1-2H3,(H2,24,25,26);1H. The van der Waals surface area contributed by atoms with Crippen LogP contribution in [-0.2, 0) is 6.42 Å². The fourth-order valence-corrected chi connectivity index (χ4v) is 3.92. The lowest BCUT2D eigenvalue weighted by atomic mass is 10.1. The van der Waals surface area contributed by atoms with Gasteiger partial charge >= 0.3 is 0 Å². The summed E-state index contributed by atoms with van der Waals surface area (Å²) in [6.07, 6.45) is 5.80. The van der Waals surface area contributed by atoms with E-state index in [1.165, 1.54) is 16.8 Å². The molecule has 0 radical (unpaired) electrons. The van der Waals surface area contributed by atoms with Crippen LogP contribution >= 0.6 is 39.9 Å². The van der Waals surface area contributed by atoms with Gasteiger partial charge in [0.1, 0.15) is 0 Å². The molecule has 7 heteroatoms. The number of benzene rings is 1. The van der Waals surface area contributed by atoms with Gasteiger partial charge in [0.2, 0.25) is 0 Å². The molecule has 0 bridgehead atoms. The molecule has 28 heavy (non-hydrogen) atoms. The Hall–Kier alpha value is -1.35. The van der Waals surface area contributed by atoms with Crippen LogP contribution in [0.5, 0.6) is 0 Å². The summed E-state index contributed by atoms with van der Waals surface area (Å²) in [5.74, 6) is 0.906. The molecule has 1 aliphatic heterocycles.